The Bertz CT molecular complexity index is 221. The van der Waals surface area contributed by atoms with Crippen LogP contribution in [0.1, 0.15) is 26.2 Å². The van der Waals surface area contributed by atoms with Gasteiger partial charge in [-0.15, -0.1) is 0 Å². The minimum atomic E-state index is -0.255. The molecule has 0 heterocycles. The lowest BCUT2D eigenvalue weighted by Crippen LogP contribution is -2.35. The van der Waals surface area contributed by atoms with Crippen LogP contribution in [0.15, 0.2) is 0 Å². The first-order valence-electron chi connectivity index (χ1n) is 5.93. The molecule has 0 aliphatic carbocycles. The van der Waals surface area contributed by atoms with Gasteiger partial charge in [-0.25, -0.2) is 0 Å². The van der Waals surface area contributed by atoms with Gasteiger partial charge in [-0.3, -0.25) is 4.79 Å². The number of carbonyl (C=O) groups is 2. The zero-order valence-corrected chi connectivity index (χ0v) is 10.9. The zero-order chi connectivity index (χ0) is 13.1. The lowest BCUT2D eigenvalue weighted by Gasteiger charge is -2.16. The molecule has 0 radical (unpaired) electrons. The number of esters is 1. The lowest BCUT2D eigenvalue weighted by molar-refractivity contribution is -0.145. The van der Waals surface area contributed by atoms with E-state index in [4.69, 9.17) is 9.47 Å². The third kappa shape index (κ3) is 7.88. The average molecular weight is 245 g/mol. The second kappa shape index (κ2) is 10.2. The van der Waals surface area contributed by atoms with E-state index in [-0.39, 0.29) is 17.9 Å². The van der Waals surface area contributed by atoms with Crippen LogP contribution in [-0.2, 0) is 19.1 Å². The highest BCUT2D eigenvalue weighted by Gasteiger charge is 2.14. The quantitative estimate of drug-likeness (QED) is 0.455. The molecular weight excluding hydrogens is 222 g/mol. The van der Waals surface area contributed by atoms with Crippen molar-refractivity contribution in [1.29, 1.82) is 0 Å². The van der Waals surface area contributed by atoms with Crippen LogP contribution in [0.3, 0.4) is 0 Å². The largest absolute Gasteiger partial charge is 0.464 e. The molecule has 1 N–H and O–H groups in total. The van der Waals surface area contributed by atoms with Gasteiger partial charge in [0.05, 0.1) is 12.6 Å². The third-order valence-corrected chi connectivity index (χ3v) is 2.68. The van der Waals surface area contributed by atoms with Crippen molar-refractivity contribution >= 4 is 12.3 Å². The van der Waals surface area contributed by atoms with E-state index in [1.54, 1.807) is 14.2 Å². The fourth-order valence-electron chi connectivity index (χ4n) is 1.43. The van der Waals surface area contributed by atoms with Gasteiger partial charge in [0.25, 0.3) is 0 Å². The molecule has 0 saturated carbocycles. The Balaban J connectivity index is 3.87. The van der Waals surface area contributed by atoms with Gasteiger partial charge in [0.1, 0.15) is 12.9 Å². The number of likely N-dealkylation sites (N-methyl/N-ethyl adjacent to an activating group) is 1. The molecule has 0 aromatic carbocycles. The highest BCUT2D eigenvalue weighted by molar-refractivity contribution is 5.70. The van der Waals surface area contributed by atoms with Gasteiger partial charge >= 0.3 is 5.97 Å². The maximum Gasteiger partial charge on any atom is 0.306 e. The minimum absolute atomic E-state index is 0.00935. The number of ether oxygens (including phenoxy) is 2. The number of nitrogens with one attached hydrogen (secondary N) is 1. The molecule has 0 fully saturated rings. The molecule has 0 aliphatic heterocycles. The Labute approximate surface area is 103 Å². The predicted molar refractivity (Wildman–Crippen MR) is 64.8 cm³/mol. The molecule has 0 saturated heterocycles. The SMILES string of the molecule is CCC(CC=O)CC(=O)OCC(COC)NC. The summed E-state index contributed by atoms with van der Waals surface area (Å²) in [5.74, 6) is -0.162. The molecule has 17 heavy (non-hydrogen) atoms. The molecular formula is C12H23NO4. The van der Waals surface area contributed by atoms with Gasteiger partial charge in [0.15, 0.2) is 0 Å². The van der Waals surface area contributed by atoms with E-state index < -0.39 is 0 Å². The highest BCUT2D eigenvalue weighted by Crippen LogP contribution is 2.12. The Morgan fingerprint density at radius 1 is 1.41 bits per heavy atom. The van der Waals surface area contributed by atoms with Crippen LogP contribution >= 0.6 is 0 Å². The monoisotopic (exact) mass is 245 g/mol. The Morgan fingerprint density at radius 2 is 2.12 bits per heavy atom. The highest BCUT2D eigenvalue weighted by atomic mass is 16.5. The van der Waals surface area contributed by atoms with Crippen LogP contribution in [0.5, 0.6) is 0 Å². The standard InChI is InChI=1S/C12H23NO4/c1-4-10(5-6-14)7-12(15)17-9-11(13-2)8-16-3/h6,10-11,13H,4-5,7-9H2,1-3H3. The summed E-state index contributed by atoms with van der Waals surface area (Å²) in [5.41, 5.74) is 0. The number of methoxy groups -OCH3 is 1. The normalized spacial score (nSPS) is 14.1. The van der Waals surface area contributed by atoms with Gasteiger partial charge < -0.3 is 19.6 Å². The van der Waals surface area contributed by atoms with Crippen molar-refractivity contribution in [3.8, 4) is 0 Å². The summed E-state index contributed by atoms with van der Waals surface area (Å²) in [4.78, 5) is 21.9. The maximum absolute atomic E-state index is 11.5. The van der Waals surface area contributed by atoms with Crippen molar-refractivity contribution in [2.45, 2.75) is 32.2 Å². The van der Waals surface area contributed by atoms with E-state index in [2.05, 4.69) is 5.32 Å². The van der Waals surface area contributed by atoms with Crippen molar-refractivity contribution in [3.05, 3.63) is 0 Å². The van der Waals surface area contributed by atoms with Crippen molar-refractivity contribution in [2.24, 2.45) is 5.92 Å². The summed E-state index contributed by atoms with van der Waals surface area (Å²) in [5, 5.41) is 2.99. The van der Waals surface area contributed by atoms with Crippen LogP contribution in [-0.4, -0.2) is 45.7 Å². The summed E-state index contributed by atoms with van der Waals surface area (Å²) in [6.07, 6.45) is 2.38. The number of rotatable bonds is 10. The van der Waals surface area contributed by atoms with Crippen molar-refractivity contribution in [1.82, 2.24) is 5.32 Å². The molecule has 100 valence electrons. The molecule has 2 unspecified atom stereocenters. The fourth-order valence-corrected chi connectivity index (χ4v) is 1.43. The third-order valence-electron chi connectivity index (χ3n) is 2.68. The topological polar surface area (TPSA) is 64.6 Å². The molecule has 5 heteroatoms. The molecule has 0 aliphatic rings. The Hall–Kier alpha value is -0.940. The van der Waals surface area contributed by atoms with Crippen LogP contribution in [0.4, 0.5) is 0 Å². The zero-order valence-electron chi connectivity index (χ0n) is 10.9. The number of hydrogen-bond acceptors (Lipinski definition) is 5. The first-order valence-corrected chi connectivity index (χ1v) is 5.93. The van der Waals surface area contributed by atoms with Crippen LogP contribution in [0.2, 0.25) is 0 Å². The molecule has 0 aromatic heterocycles. The summed E-state index contributed by atoms with van der Waals surface area (Å²) >= 11 is 0. The van der Waals surface area contributed by atoms with Gasteiger partial charge in [0, 0.05) is 20.0 Å². The van der Waals surface area contributed by atoms with Gasteiger partial charge in [0.2, 0.25) is 0 Å². The lowest BCUT2D eigenvalue weighted by atomic mass is 9.99. The predicted octanol–water partition coefficient (Wildman–Crippen LogP) is 0.769. The second-order valence-corrected chi connectivity index (χ2v) is 4.00. The van der Waals surface area contributed by atoms with Crippen molar-refractivity contribution < 1.29 is 19.1 Å². The Morgan fingerprint density at radius 3 is 2.59 bits per heavy atom. The minimum Gasteiger partial charge on any atom is -0.464 e. The number of hydrogen-bond donors (Lipinski definition) is 1. The van der Waals surface area contributed by atoms with E-state index in [9.17, 15) is 9.59 Å². The van der Waals surface area contributed by atoms with Gasteiger partial charge in [-0.1, -0.05) is 13.3 Å². The summed E-state index contributed by atoms with van der Waals surface area (Å²) in [6, 6.07) is 0.00935. The molecule has 0 spiro atoms. The molecule has 2 atom stereocenters. The van der Waals surface area contributed by atoms with E-state index in [1.807, 2.05) is 6.92 Å². The molecule has 0 bridgehead atoms. The number of aldehydes is 1. The van der Waals surface area contributed by atoms with Crippen LogP contribution in [0.25, 0.3) is 0 Å². The summed E-state index contributed by atoms with van der Waals surface area (Å²) < 4.78 is 10.1. The first-order chi connectivity index (χ1) is 8.17. The second-order valence-electron chi connectivity index (χ2n) is 4.00. The first kappa shape index (κ1) is 16.1. The van der Waals surface area contributed by atoms with Crippen molar-refractivity contribution in [2.75, 3.05) is 27.4 Å². The van der Waals surface area contributed by atoms with Gasteiger partial charge in [-0.2, -0.15) is 0 Å². The van der Waals surface area contributed by atoms with Gasteiger partial charge in [-0.05, 0) is 13.0 Å². The summed E-state index contributed by atoms with van der Waals surface area (Å²) in [7, 11) is 3.39. The molecule has 0 rings (SSSR count). The van der Waals surface area contributed by atoms with Crippen LogP contribution < -0.4 is 5.32 Å². The van der Waals surface area contributed by atoms with Crippen LogP contribution in [0, 0.1) is 5.92 Å². The Kier molecular flexibility index (Phi) is 9.66. The van der Waals surface area contributed by atoms with E-state index in [0.717, 1.165) is 12.7 Å². The van der Waals surface area contributed by atoms with E-state index in [0.29, 0.717) is 26.1 Å². The van der Waals surface area contributed by atoms with Crippen molar-refractivity contribution in [3.63, 3.8) is 0 Å². The maximum atomic E-state index is 11.5. The summed E-state index contributed by atoms with van der Waals surface area (Å²) in [6.45, 7) is 2.75. The fraction of sp³-hybridized carbons (Fsp3) is 0.833. The average Bonchev–Trinajstić information content (AvgIpc) is 2.33. The van der Waals surface area contributed by atoms with E-state index >= 15 is 0 Å². The smallest absolute Gasteiger partial charge is 0.306 e. The molecule has 5 nitrogen and oxygen atoms in total. The molecule has 0 amide bonds. The van der Waals surface area contributed by atoms with E-state index in [1.165, 1.54) is 0 Å². The molecule has 0 aromatic rings. The number of carbonyl (C=O) groups excluding carboxylic acids is 2.